The Morgan fingerprint density at radius 2 is 2.19 bits per heavy atom. The molecular weight excluding hydrogens is 226 g/mol. The van der Waals surface area contributed by atoms with Crippen LogP contribution >= 0.6 is 11.6 Å². The number of halogens is 1. The number of hydrogen-bond donors (Lipinski definition) is 1. The molecule has 0 atom stereocenters. The highest BCUT2D eigenvalue weighted by atomic mass is 35.5. The molecule has 1 heterocycles. The molecule has 2 fully saturated rings. The summed E-state index contributed by atoms with van der Waals surface area (Å²) in [6, 6.07) is 0.549. The van der Waals surface area contributed by atoms with Gasteiger partial charge in [0.15, 0.2) is 5.82 Å². The van der Waals surface area contributed by atoms with Gasteiger partial charge in [-0.05, 0) is 31.6 Å². The molecule has 1 aromatic heterocycles. The Bertz CT molecular complexity index is 451. The first-order valence-corrected chi connectivity index (χ1v) is 6.13. The Morgan fingerprint density at radius 1 is 1.44 bits per heavy atom. The van der Waals surface area contributed by atoms with Crippen LogP contribution in [0, 0.1) is 5.92 Å². The van der Waals surface area contributed by atoms with E-state index in [2.05, 4.69) is 14.9 Å². The van der Waals surface area contributed by atoms with E-state index in [1.807, 2.05) is 0 Å². The molecule has 0 amide bonds. The van der Waals surface area contributed by atoms with Gasteiger partial charge < -0.3 is 9.88 Å². The van der Waals surface area contributed by atoms with Crippen molar-refractivity contribution in [3.05, 3.63) is 21.7 Å². The van der Waals surface area contributed by atoms with Crippen LogP contribution in [0.2, 0.25) is 5.02 Å². The van der Waals surface area contributed by atoms with Crippen LogP contribution in [-0.4, -0.2) is 22.6 Å². The fraction of sp³-hybridized carbons (Fsp3) is 0.636. The summed E-state index contributed by atoms with van der Waals surface area (Å²) in [5.74, 6) is 1.44. The van der Waals surface area contributed by atoms with E-state index in [1.165, 1.54) is 32.0 Å². The monoisotopic (exact) mass is 239 g/mol. The summed E-state index contributed by atoms with van der Waals surface area (Å²) in [6.07, 6.45) is 6.41. The standard InChI is InChI=1S/C11H14ClN3O/c12-9-10(13-6-14-11(9)16)15(8-3-4-8)5-7-1-2-7/h6-8H,1-5H2,(H,13,14,16). The summed E-state index contributed by atoms with van der Waals surface area (Å²) >= 11 is 6.02. The van der Waals surface area contributed by atoms with Gasteiger partial charge in [0.2, 0.25) is 0 Å². The van der Waals surface area contributed by atoms with Gasteiger partial charge in [-0.1, -0.05) is 11.6 Å². The van der Waals surface area contributed by atoms with Crippen molar-refractivity contribution in [2.24, 2.45) is 5.92 Å². The van der Waals surface area contributed by atoms with Crippen LogP contribution in [0.15, 0.2) is 11.1 Å². The second kappa shape index (κ2) is 3.77. The third-order valence-corrected chi connectivity index (χ3v) is 3.53. The number of nitrogens with zero attached hydrogens (tertiary/aromatic N) is 2. The fourth-order valence-electron chi connectivity index (χ4n) is 1.95. The van der Waals surface area contributed by atoms with E-state index in [0.29, 0.717) is 11.9 Å². The van der Waals surface area contributed by atoms with Crippen LogP contribution in [0.1, 0.15) is 25.7 Å². The lowest BCUT2D eigenvalue weighted by Crippen LogP contribution is -2.30. The first kappa shape index (κ1) is 10.1. The Kier molecular flexibility index (Phi) is 2.39. The molecule has 0 unspecified atom stereocenters. The Balaban J connectivity index is 1.91. The molecule has 3 rings (SSSR count). The van der Waals surface area contributed by atoms with E-state index in [9.17, 15) is 4.79 Å². The van der Waals surface area contributed by atoms with Crippen LogP contribution in [0.25, 0.3) is 0 Å². The zero-order valence-corrected chi connectivity index (χ0v) is 9.70. The average Bonchev–Trinajstić information content (AvgIpc) is 3.14. The summed E-state index contributed by atoms with van der Waals surface area (Å²) in [7, 11) is 0. The maximum atomic E-state index is 11.4. The second-order valence-corrected chi connectivity index (χ2v) is 5.07. The van der Waals surface area contributed by atoms with Crippen LogP contribution in [0.4, 0.5) is 5.82 Å². The van der Waals surface area contributed by atoms with Gasteiger partial charge in [0, 0.05) is 12.6 Å². The van der Waals surface area contributed by atoms with Crippen LogP contribution in [0.5, 0.6) is 0 Å². The number of aromatic nitrogens is 2. The van der Waals surface area contributed by atoms with Crippen LogP contribution in [-0.2, 0) is 0 Å². The molecule has 0 aromatic carbocycles. The first-order valence-electron chi connectivity index (χ1n) is 5.75. The van der Waals surface area contributed by atoms with Crippen LogP contribution < -0.4 is 10.5 Å². The smallest absolute Gasteiger partial charge is 0.271 e. The van der Waals surface area contributed by atoms with E-state index >= 15 is 0 Å². The molecule has 2 saturated carbocycles. The molecule has 0 radical (unpaired) electrons. The quantitative estimate of drug-likeness (QED) is 0.872. The highest BCUT2D eigenvalue weighted by molar-refractivity contribution is 6.32. The van der Waals surface area contributed by atoms with Gasteiger partial charge in [0.05, 0.1) is 6.33 Å². The largest absolute Gasteiger partial charge is 0.352 e. The van der Waals surface area contributed by atoms with E-state index in [0.717, 1.165) is 12.5 Å². The van der Waals surface area contributed by atoms with E-state index in [1.54, 1.807) is 0 Å². The molecule has 4 nitrogen and oxygen atoms in total. The summed E-state index contributed by atoms with van der Waals surface area (Å²) in [5, 5.41) is 0.232. The maximum Gasteiger partial charge on any atom is 0.271 e. The Morgan fingerprint density at radius 3 is 2.81 bits per heavy atom. The van der Waals surface area contributed by atoms with Crippen LogP contribution in [0.3, 0.4) is 0 Å². The average molecular weight is 240 g/mol. The molecule has 1 N–H and O–H groups in total. The number of anilines is 1. The van der Waals surface area contributed by atoms with Gasteiger partial charge in [-0.25, -0.2) is 4.98 Å². The minimum Gasteiger partial charge on any atom is -0.352 e. The van der Waals surface area contributed by atoms with Gasteiger partial charge in [-0.3, -0.25) is 4.79 Å². The van der Waals surface area contributed by atoms with E-state index < -0.39 is 0 Å². The molecule has 86 valence electrons. The van der Waals surface area contributed by atoms with Gasteiger partial charge in [-0.15, -0.1) is 0 Å². The normalized spacial score (nSPS) is 19.8. The number of hydrogen-bond acceptors (Lipinski definition) is 3. The third-order valence-electron chi connectivity index (χ3n) is 3.19. The van der Waals surface area contributed by atoms with Crippen molar-refractivity contribution < 1.29 is 0 Å². The van der Waals surface area contributed by atoms with Crippen molar-refractivity contribution in [1.29, 1.82) is 0 Å². The third kappa shape index (κ3) is 1.94. The molecule has 0 saturated heterocycles. The number of aromatic amines is 1. The minimum atomic E-state index is -0.242. The summed E-state index contributed by atoms with van der Waals surface area (Å²) in [6.45, 7) is 1.00. The van der Waals surface area contributed by atoms with E-state index in [4.69, 9.17) is 11.6 Å². The highest BCUT2D eigenvalue weighted by Crippen LogP contribution is 2.38. The van der Waals surface area contributed by atoms with Crippen molar-refractivity contribution in [3.63, 3.8) is 0 Å². The zero-order valence-electron chi connectivity index (χ0n) is 8.95. The van der Waals surface area contributed by atoms with Crippen molar-refractivity contribution in [2.45, 2.75) is 31.7 Å². The van der Waals surface area contributed by atoms with Crippen molar-refractivity contribution >= 4 is 17.4 Å². The van der Waals surface area contributed by atoms with Gasteiger partial charge >= 0.3 is 0 Å². The summed E-state index contributed by atoms with van der Waals surface area (Å²) in [4.78, 5) is 20.4. The number of rotatable bonds is 4. The van der Waals surface area contributed by atoms with Crippen molar-refractivity contribution in [3.8, 4) is 0 Å². The molecule has 2 aliphatic rings. The second-order valence-electron chi connectivity index (χ2n) is 4.70. The molecule has 0 bridgehead atoms. The number of H-pyrrole nitrogens is 1. The zero-order chi connectivity index (χ0) is 11.1. The Labute approximate surface area is 98.6 Å². The summed E-state index contributed by atoms with van der Waals surface area (Å²) in [5.41, 5.74) is -0.242. The van der Waals surface area contributed by atoms with Crippen molar-refractivity contribution in [2.75, 3.05) is 11.4 Å². The lowest BCUT2D eigenvalue weighted by Gasteiger charge is -2.23. The SMILES string of the molecule is O=c1[nH]cnc(N(CC2CC2)C2CC2)c1Cl. The van der Waals surface area contributed by atoms with E-state index in [-0.39, 0.29) is 10.6 Å². The Hall–Kier alpha value is -1.03. The molecule has 5 heteroatoms. The van der Waals surface area contributed by atoms with Crippen molar-refractivity contribution in [1.82, 2.24) is 9.97 Å². The molecule has 0 aliphatic heterocycles. The minimum absolute atomic E-state index is 0.232. The molecule has 16 heavy (non-hydrogen) atoms. The van der Waals surface area contributed by atoms with Gasteiger partial charge in [-0.2, -0.15) is 0 Å². The van der Waals surface area contributed by atoms with Gasteiger partial charge in [0.1, 0.15) is 5.02 Å². The predicted octanol–water partition coefficient (Wildman–Crippen LogP) is 1.80. The van der Waals surface area contributed by atoms with Gasteiger partial charge in [0.25, 0.3) is 5.56 Å². The maximum absolute atomic E-state index is 11.4. The predicted molar refractivity (Wildman–Crippen MR) is 63.0 cm³/mol. The molecule has 0 spiro atoms. The highest BCUT2D eigenvalue weighted by Gasteiger charge is 2.35. The lowest BCUT2D eigenvalue weighted by atomic mass is 10.3. The molecular formula is C11H14ClN3O. The number of nitrogens with one attached hydrogen (secondary N) is 1. The lowest BCUT2D eigenvalue weighted by molar-refractivity contribution is 0.707. The molecule has 1 aromatic rings. The molecule has 2 aliphatic carbocycles. The first-order chi connectivity index (χ1) is 7.75. The summed E-state index contributed by atoms with van der Waals surface area (Å²) < 4.78 is 0. The topological polar surface area (TPSA) is 49.0 Å². The fourth-order valence-corrected chi connectivity index (χ4v) is 2.16.